The highest BCUT2D eigenvalue weighted by atomic mass is 16.3. The van der Waals surface area contributed by atoms with Crippen molar-refractivity contribution in [2.24, 2.45) is 0 Å². The van der Waals surface area contributed by atoms with Gasteiger partial charge in [-0.25, -0.2) is 0 Å². The molecule has 0 aromatic rings. The fraction of sp³-hybridized carbons (Fsp3) is 0.556. The normalized spacial score (nSPS) is 26.8. The van der Waals surface area contributed by atoms with E-state index in [9.17, 15) is 5.11 Å². The first-order chi connectivity index (χ1) is 5.31. The van der Waals surface area contributed by atoms with E-state index in [1.807, 2.05) is 12.3 Å². The summed E-state index contributed by atoms with van der Waals surface area (Å²) in [6, 6.07) is 0. The molecule has 2 heteroatoms. The van der Waals surface area contributed by atoms with E-state index in [-0.39, 0.29) is 0 Å². The molecule has 0 aromatic heterocycles. The van der Waals surface area contributed by atoms with Crippen molar-refractivity contribution in [1.29, 1.82) is 0 Å². The number of hydrogen-bond donors (Lipinski definition) is 2. The third kappa shape index (κ3) is 1.07. The maximum atomic E-state index is 9.89. The topological polar surface area (TPSA) is 32.3 Å². The molecule has 2 rings (SSSR count). The third-order valence-electron chi connectivity index (χ3n) is 2.54. The maximum absolute atomic E-state index is 9.89. The molecule has 1 fully saturated rings. The van der Waals surface area contributed by atoms with E-state index < -0.39 is 5.60 Å². The van der Waals surface area contributed by atoms with Crippen LogP contribution in [0.3, 0.4) is 0 Å². The first-order valence-corrected chi connectivity index (χ1v) is 4.14. The molecule has 1 heterocycles. The Morgan fingerprint density at radius 3 is 2.73 bits per heavy atom. The average molecular weight is 151 g/mol. The lowest BCUT2D eigenvalue weighted by Crippen LogP contribution is -2.39. The molecule has 1 aliphatic heterocycles. The van der Waals surface area contributed by atoms with E-state index >= 15 is 0 Å². The van der Waals surface area contributed by atoms with E-state index in [2.05, 4.69) is 11.4 Å². The van der Waals surface area contributed by atoms with Gasteiger partial charge in [0.1, 0.15) is 0 Å². The molecule has 0 saturated heterocycles. The Morgan fingerprint density at radius 1 is 1.45 bits per heavy atom. The van der Waals surface area contributed by atoms with Crippen LogP contribution in [0.15, 0.2) is 23.9 Å². The van der Waals surface area contributed by atoms with Crippen molar-refractivity contribution in [3.63, 3.8) is 0 Å². The Morgan fingerprint density at radius 2 is 2.27 bits per heavy atom. The zero-order chi connectivity index (χ0) is 7.73. The summed E-state index contributed by atoms with van der Waals surface area (Å²) in [6.07, 6.45) is 8.98. The number of hydrogen-bond acceptors (Lipinski definition) is 2. The molecule has 0 spiro atoms. The first-order valence-electron chi connectivity index (χ1n) is 4.14. The summed E-state index contributed by atoms with van der Waals surface area (Å²) in [4.78, 5) is 0. The summed E-state index contributed by atoms with van der Waals surface area (Å²) >= 11 is 0. The smallest absolute Gasteiger partial charge is 0.0894 e. The van der Waals surface area contributed by atoms with Crippen LogP contribution in [0.2, 0.25) is 0 Å². The fourth-order valence-electron chi connectivity index (χ4n) is 1.60. The molecule has 0 unspecified atom stereocenters. The van der Waals surface area contributed by atoms with Crippen molar-refractivity contribution in [3.05, 3.63) is 23.9 Å². The van der Waals surface area contributed by atoms with Crippen molar-refractivity contribution in [3.8, 4) is 0 Å². The van der Waals surface area contributed by atoms with Crippen LogP contribution >= 0.6 is 0 Å². The minimum Gasteiger partial charge on any atom is -0.387 e. The lowest BCUT2D eigenvalue weighted by Gasteiger charge is -2.38. The maximum Gasteiger partial charge on any atom is 0.0894 e. The van der Waals surface area contributed by atoms with Crippen LogP contribution in [0.1, 0.15) is 19.3 Å². The summed E-state index contributed by atoms with van der Waals surface area (Å²) in [5, 5.41) is 13.0. The lowest BCUT2D eigenvalue weighted by atomic mass is 9.74. The second-order valence-corrected chi connectivity index (χ2v) is 3.29. The molecule has 2 nitrogen and oxygen atoms in total. The summed E-state index contributed by atoms with van der Waals surface area (Å²) in [5.41, 5.74) is 0.626. The molecule has 2 N–H and O–H groups in total. The fourth-order valence-corrected chi connectivity index (χ4v) is 1.60. The van der Waals surface area contributed by atoms with Crippen LogP contribution in [-0.2, 0) is 0 Å². The van der Waals surface area contributed by atoms with Crippen LogP contribution in [0, 0.1) is 0 Å². The minimum atomic E-state index is -0.474. The Hall–Kier alpha value is -0.760. The lowest BCUT2D eigenvalue weighted by molar-refractivity contribution is 0.00547. The zero-order valence-electron chi connectivity index (χ0n) is 6.51. The summed E-state index contributed by atoms with van der Waals surface area (Å²) in [7, 11) is 0. The van der Waals surface area contributed by atoms with Crippen molar-refractivity contribution in [2.45, 2.75) is 24.9 Å². The van der Waals surface area contributed by atoms with Gasteiger partial charge in [-0.05, 0) is 37.1 Å². The molecule has 1 saturated carbocycles. The van der Waals surface area contributed by atoms with Gasteiger partial charge in [0.25, 0.3) is 0 Å². The van der Waals surface area contributed by atoms with Gasteiger partial charge >= 0.3 is 0 Å². The Bertz CT molecular complexity index is 214. The van der Waals surface area contributed by atoms with Crippen LogP contribution in [0.4, 0.5) is 0 Å². The van der Waals surface area contributed by atoms with Crippen molar-refractivity contribution >= 4 is 0 Å². The van der Waals surface area contributed by atoms with Gasteiger partial charge in [-0.1, -0.05) is 6.08 Å². The van der Waals surface area contributed by atoms with Gasteiger partial charge in [0, 0.05) is 6.54 Å². The standard InChI is InChI=1S/C9H13NO/c11-9(4-1-5-9)8-2-6-10-7-3-8/h2-3,6,10-11H,1,4-5,7H2. The van der Waals surface area contributed by atoms with E-state index in [0.29, 0.717) is 0 Å². The SMILES string of the molecule is OC1(C2=CCNC=C2)CCC1. The largest absolute Gasteiger partial charge is 0.387 e. The van der Waals surface area contributed by atoms with Crippen molar-refractivity contribution < 1.29 is 5.11 Å². The molecule has 0 atom stereocenters. The van der Waals surface area contributed by atoms with Crippen LogP contribution in [0.25, 0.3) is 0 Å². The number of nitrogens with one attached hydrogen (secondary N) is 1. The van der Waals surface area contributed by atoms with Gasteiger partial charge in [0.05, 0.1) is 5.60 Å². The predicted molar refractivity (Wildman–Crippen MR) is 44.0 cm³/mol. The van der Waals surface area contributed by atoms with E-state index in [1.54, 1.807) is 0 Å². The highest BCUT2D eigenvalue weighted by molar-refractivity contribution is 5.33. The molecule has 0 amide bonds. The van der Waals surface area contributed by atoms with Gasteiger partial charge in [0.15, 0.2) is 0 Å². The first kappa shape index (κ1) is 6.92. The van der Waals surface area contributed by atoms with E-state index in [1.165, 1.54) is 0 Å². The zero-order valence-corrected chi connectivity index (χ0v) is 6.51. The second kappa shape index (κ2) is 2.38. The molecule has 1 aliphatic carbocycles. The highest BCUT2D eigenvalue weighted by Crippen LogP contribution is 2.38. The van der Waals surface area contributed by atoms with Crippen LogP contribution < -0.4 is 5.32 Å². The molecule has 60 valence electrons. The summed E-state index contributed by atoms with van der Waals surface area (Å²) in [6.45, 7) is 0.855. The van der Waals surface area contributed by atoms with Gasteiger partial charge in [-0.15, -0.1) is 0 Å². The molecular weight excluding hydrogens is 138 g/mol. The number of rotatable bonds is 1. The minimum absolute atomic E-state index is 0.474. The average Bonchev–Trinajstić information content (AvgIpc) is 2.02. The molecule has 0 aromatic carbocycles. The van der Waals surface area contributed by atoms with Gasteiger partial charge in [-0.3, -0.25) is 0 Å². The monoisotopic (exact) mass is 151 g/mol. The quantitative estimate of drug-likeness (QED) is 0.584. The molecular formula is C9H13NO. The van der Waals surface area contributed by atoms with Crippen molar-refractivity contribution in [2.75, 3.05) is 6.54 Å². The predicted octanol–water partition coefficient (Wildman–Crippen LogP) is 0.945. The van der Waals surface area contributed by atoms with Crippen LogP contribution in [-0.4, -0.2) is 17.3 Å². The Labute approximate surface area is 66.6 Å². The van der Waals surface area contributed by atoms with E-state index in [0.717, 1.165) is 31.4 Å². The van der Waals surface area contributed by atoms with Crippen LogP contribution in [0.5, 0.6) is 0 Å². The van der Waals surface area contributed by atoms with E-state index in [4.69, 9.17) is 0 Å². The molecule has 11 heavy (non-hydrogen) atoms. The summed E-state index contributed by atoms with van der Waals surface area (Å²) < 4.78 is 0. The molecule has 0 radical (unpaired) electrons. The Kier molecular flexibility index (Phi) is 1.50. The molecule has 0 bridgehead atoms. The van der Waals surface area contributed by atoms with Gasteiger partial charge in [0.2, 0.25) is 0 Å². The third-order valence-corrected chi connectivity index (χ3v) is 2.54. The number of aliphatic hydroxyl groups is 1. The summed E-state index contributed by atoms with van der Waals surface area (Å²) in [5.74, 6) is 0. The van der Waals surface area contributed by atoms with Gasteiger partial charge in [-0.2, -0.15) is 0 Å². The van der Waals surface area contributed by atoms with Gasteiger partial charge < -0.3 is 10.4 Å². The number of dihydropyridines is 1. The molecule has 2 aliphatic rings. The highest BCUT2D eigenvalue weighted by Gasteiger charge is 2.37. The Balaban J connectivity index is 2.14. The van der Waals surface area contributed by atoms with Crippen molar-refractivity contribution in [1.82, 2.24) is 5.32 Å². The second-order valence-electron chi connectivity index (χ2n) is 3.29.